The zero-order valence-electron chi connectivity index (χ0n) is 16.2. The predicted molar refractivity (Wildman–Crippen MR) is 112 cm³/mol. The first kappa shape index (κ1) is 23.1. The fourth-order valence-electron chi connectivity index (χ4n) is 3.45. The highest BCUT2D eigenvalue weighted by Gasteiger charge is 2.42. The zero-order chi connectivity index (χ0) is 22.8. The Morgan fingerprint density at radius 2 is 1.87 bits per heavy atom. The second kappa shape index (κ2) is 9.32. The maximum absolute atomic E-state index is 12.9. The molecule has 5 nitrogen and oxygen atoms in total. The molecule has 1 fully saturated rings. The van der Waals surface area contributed by atoms with Crippen LogP contribution in [0.5, 0.6) is 0 Å². The summed E-state index contributed by atoms with van der Waals surface area (Å²) in [7, 11) is 0. The summed E-state index contributed by atoms with van der Waals surface area (Å²) in [6, 6.07) is 10.5. The lowest BCUT2D eigenvalue weighted by Gasteiger charge is -2.28. The predicted octanol–water partition coefficient (Wildman–Crippen LogP) is 4.54. The Bertz CT molecular complexity index is 998. The first-order valence-electron chi connectivity index (χ1n) is 9.27. The van der Waals surface area contributed by atoms with Crippen LogP contribution in [0.25, 0.3) is 0 Å². The summed E-state index contributed by atoms with van der Waals surface area (Å²) in [6.07, 6.45) is -4.46. The van der Waals surface area contributed by atoms with Crippen LogP contribution in [0.4, 0.5) is 18.0 Å². The van der Waals surface area contributed by atoms with E-state index >= 15 is 0 Å². The van der Waals surface area contributed by atoms with Crippen molar-refractivity contribution in [3.8, 4) is 0 Å². The van der Waals surface area contributed by atoms with Gasteiger partial charge in [-0.1, -0.05) is 47.6 Å². The van der Waals surface area contributed by atoms with E-state index in [9.17, 15) is 27.6 Å². The molecule has 2 N–H and O–H groups in total. The second-order valence-electron chi connectivity index (χ2n) is 7.12. The summed E-state index contributed by atoms with van der Waals surface area (Å²) in [5, 5.41) is 4.04. The number of thioether (sulfide) groups is 1. The van der Waals surface area contributed by atoms with Gasteiger partial charge < -0.3 is 5.32 Å². The quantitative estimate of drug-likeness (QED) is 0.650. The summed E-state index contributed by atoms with van der Waals surface area (Å²) in [4.78, 5) is 36.5. The third-order valence-corrected chi connectivity index (χ3v) is 6.16. The standard InChI is InChI=1S/C21H18ClF3N2O3S/c1-11(26-16(28)10-12-3-2-4-15(22)9-12)17(18-19(29)27-20(30)31-18)13-5-7-14(8-6-13)21(23,24)25/h2-9,11,17-18H,10H2,1H3,(H,26,28)(H,27,29,30)/t11-,17?,18?/m0/s1. The summed E-state index contributed by atoms with van der Waals surface area (Å²) in [5.41, 5.74) is 0.268. The Balaban J connectivity index is 1.83. The van der Waals surface area contributed by atoms with Crippen LogP contribution in [0.1, 0.15) is 29.5 Å². The molecule has 164 valence electrons. The molecule has 31 heavy (non-hydrogen) atoms. The molecule has 1 aliphatic heterocycles. The average Bonchev–Trinajstić information content (AvgIpc) is 2.99. The molecule has 0 radical (unpaired) electrons. The van der Waals surface area contributed by atoms with Crippen LogP contribution in [0.2, 0.25) is 5.02 Å². The fraction of sp³-hybridized carbons (Fsp3) is 0.286. The van der Waals surface area contributed by atoms with Gasteiger partial charge in [0.05, 0.1) is 12.0 Å². The minimum absolute atomic E-state index is 0.0353. The molecule has 1 saturated heterocycles. The van der Waals surface area contributed by atoms with Crippen LogP contribution in [-0.4, -0.2) is 28.3 Å². The number of hydrogen-bond acceptors (Lipinski definition) is 4. The molecule has 3 rings (SSSR count). The van der Waals surface area contributed by atoms with Crippen molar-refractivity contribution < 1.29 is 27.6 Å². The van der Waals surface area contributed by atoms with Crippen molar-refractivity contribution in [1.29, 1.82) is 0 Å². The Labute approximate surface area is 185 Å². The number of halogens is 4. The maximum Gasteiger partial charge on any atom is 0.416 e. The van der Waals surface area contributed by atoms with Gasteiger partial charge in [-0.15, -0.1) is 0 Å². The van der Waals surface area contributed by atoms with E-state index in [1.54, 1.807) is 31.2 Å². The molecular formula is C21H18ClF3N2O3S. The van der Waals surface area contributed by atoms with Gasteiger partial charge in [0.25, 0.3) is 5.24 Å². The van der Waals surface area contributed by atoms with Crippen LogP contribution in [0.15, 0.2) is 48.5 Å². The highest BCUT2D eigenvalue weighted by molar-refractivity contribution is 8.15. The molecule has 2 unspecified atom stereocenters. The third kappa shape index (κ3) is 5.80. The van der Waals surface area contributed by atoms with E-state index in [2.05, 4.69) is 10.6 Å². The monoisotopic (exact) mass is 470 g/mol. The number of nitrogens with one attached hydrogen (secondary N) is 2. The van der Waals surface area contributed by atoms with Crippen LogP contribution in [-0.2, 0) is 22.2 Å². The van der Waals surface area contributed by atoms with Crippen molar-refractivity contribution >= 4 is 40.4 Å². The van der Waals surface area contributed by atoms with E-state index in [0.717, 1.165) is 23.9 Å². The molecule has 0 aromatic heterocycles. The Morgan fingerprint density at radius 1 is 1.19 bits per heavy atom. The van der Waals surface area contributed by atoms with E-state index in [-0.39, 0.29) is 12.3 Å². The smallest absolute Gasteiger partial charge is 0.353 e. The normalized spacial score (nSPS) is 18.4. The van der Waals surface area contributed by atoms with Gasteiger partial charge >= 0.3 is 6.18 Å². The Hall–Kier alpha value is -2.52. The summed E-state index contributed by atoms with van der Waals surface area (Å²) in [6.45, 7) is 1.65. The fourth-order valence-corrected chi connectivity index (χ4v) is 4.76. The summed E-state index contributed by atoms with van der Waals surface area (Å²) < 4.78 is 38.8. The molecule has 10 heteroatoms. The van der Waals surface area contributed by atoms with Crippen molar-refractivity contribution in [3.63, 3.8) is 0 Å². The van der Waals surface area contributed by atoms with Crippen molar-refractivity contribution in [2.24, 2.45) is 0 Å². The van der Waals surface area contributed by atoms with E-state index in [1.807, 2.05) is 0 Å². The van der Waals surface area contributed by atoms with E-state index in [0.29, 0.717) is 16.1 Å². The summed E-state index contributed by atoms with van der Waals surface area (Å²) >= 11 is 6.69. The molecule has 1 heterocycles. The summed E-state index contributed by atoms with van der Waals surface area (Å²) in [5.74, 6) is -1.61. The van der Waals surface area contributed by atoms with Crippen LogP contribution in [0.3, 0.4) is 0 Å². The molecule has 3 amide bonds. The molecule has 2 aromatic carbocycles. The lowest BCUT2D eigenvalue weighted by atomic mass is 9.87. The number of imide groups is 1. The molecular weight excluding hydrogens is 453 g/mol. The third-order valence-electron chi connectivity index (χ3n) is 4.85. The SMILES string of the molecule is C[C@H](NC(=O)Cc1cccc(Cl)c1)C(c1ccc(C(F)(F)F)cc1)C1SC(=O)NC1=O. The highest BCUT2D eigenvalue weighted by Crippen LogP contribution is 2.37. The number of carbonyl (C=O) groups is 3. The average molecular weight is 471 g/mol. The molecule has 0 spiro atoms. The van der Waals surface area contributed by atoms with Gasteiger partial charge in [-0.25, -0.2) is 0 Å². The van der Waals surface area contributed by atoms with Crippen LogP contribution < -0.4 is 10.6 Å². The van der Waals surface area contributed by atoms with Crippen LogP contribution >= 0.6 is 23.4 Å². The van der Waals surface area contributed by atoms with E-state index in [4.69, 9.17) is 11.6 Å². The number of carbonyl (C=O) groups excluding carboxylic acids is 3. The van der Waals surface area contributed by atoms with Gasteiger partial charge in [-0.2, -0.15) is 13.2 Å². The zero-order valence-corrected chi connectivity index (χ0v) is 17.8. The maximum atomic E-state index is 12.9. The molecule has 1 aliphatic rings. The number of rotatable bonds is 6. The van der Waals surface area contributed by atoms with Gasteiger partial charge in [0, 0.05) is 17.0 Å². The minimum atomic E-state index is -4.50. The van der Waals surface area contributed by atoms with Crippen molar-refractivity contribution in [1.82, 2.24) is 10.6 Å². The van der Waals surface area contributed by atoms with E-state index < -0.39 is 40.1 Å². The molecule has 0 bridgehead atoms. The van der Waals surface area contributed by atoms with Crippen molar-refractivity contribution in [2.75, 3.05) is 0 Å². The highest BCUT2D eigenvalue weighted by atomic mass is 35.5. The molecule has 0 aliphatic carbocycles. The van der Waals surface area contributed by atoms with Crippen molar-refractivity contribution in [2.45, 2.75) is 36.7 Å². The minimum Gasteiger partial charge on any atom is -0.353 e. The Kier molecular flexibility index (Phi) is 6.96. The molecule has 0 saturated carbocycles. The van der Waals surface area contributed by atoms with Gasteiger partial charge in [0.15, 0.2) is 0 Å². The van der Waals surface area contributed by atoms with Crippen molar-refractivity contribution in [3.05, 3.63) is 70.2 Å². The van der Waals surface area contributed by atoms with Gasteiger partial charge in [0.1, 0.15) is 5.25 Å². The Morgan fingerprint density at radius 3 is 2.42 bits per heavy atom. The first-order chi connectivity index (χ1) is 14.5. The molecule has 3 atom stereocenters. The van der Waals surface area contributed by atoms with Gasteiger partial charge in [-0.3, -0.25) is 19.7 Å². The number of alkyl halides is 3. The molecule has 2 aromatic rings. The topological polar surface area (TPSA) is 75.3 Å². The van der Waals surface area contributed by atoms with E-state index in [1.165, 1.54) is 12.1 Å². The largest absolute Gasteiger partial charge is 0.416 e. The second-order valence-corrected chi connectivity index (χ2v) is 8.67. The lowest BCUT2D eigenvalue weighted by Crippen LogP contribution is -2.43. The number of amides is 3. The van der Waals surface area contributed by atoms with Gasteiger partial charge in [0.2, 0.25) is 11.8 Å². The lowest BCUT2D eigenvalue weighted by molar-refractivity contribution is -0.137. The van der Waals surface area contributed by atoms with Crippen LogP contribution in [0, 0.1) is 0 Å². The first-order valence-corrected chi connectivity index (χ1v) is 10.5. The van der Waals surface area contributed by atoms with Gasteiger partial charge in [-0.05, 0) is 42.3 Å². The number of benzene rings is 2. The number of hydrogen-bond donors (Lipinski definition) is 2.